The molecule has 1 atom stereocenters. The highest BCUT2D eigenvalue weighted by molar-refractivity contribution is 7.06. The van der Waals surface area contributed by atoms with Crippen LogP contribution in [0.5, 0.6) is 5.88 Å². The maximum atomic E-state index is 5.24. The fourth-order valence-electron chi connectivity index (χ4n) is 1.88. The topological polar surface area (TPSA) is 34.2 Å². The molecule has 0 spiro atoms. The number of nitrogens with one attached hydrogen (secondary N) is 1. The third kappa shape index (κ3) is 1.44. The molecule has 3 nitrogen and oxygen atoms in total. The SMILES string of the molecule is CN[C@@H]1CCCc2snc(OC)c21. The van der Waals surface area contributed by atoms with Crippen molar-refractivity contribution < 1.29 is 4.74 Å². The smallest absolute Gasteiger partial charge is 0.230 e. The van der Waals surface area contributed by atoms with Crippen molar-refractivity contribution in [3.63, 3.8) is 0 Å². The first kappa shape index (κ1) is 8.97. The van der Waals surface area contributed by atoms with Crippen LogP contribution in [-0.4, -0.2) is 18.5 Å². The second-order valence-corrected chi connectivity index (χ2v) is 4.12. The minimum Gasteiger partial charge on any atom is -0.480 e. The molecule has 0 bridgehead atoms. The number of hydrogen-bond acceptors (Lipinski definition) is 4. The molecule has 1 aromatic rings. The molecular formula is C9H14N2OS. The van der Waals surface area contributed by atoms with Gasteiger partial charge in [0.2, 0.25) is 5.88 Å². The molecule has 2 rings (SSSR count). The standard InChI is InChI=1S/C9H14N2OS/c1-10-6-4-3-5-7-8(6)9(12-2)11-13-7/h6,10H,3-5H2,1-2H3/t6-/m1/s1. The maximum absolute atomic E-state index is 5.24. The van der Waals surface area contributed by atoms with Gasteiger partial charge < -0.3 is 10.1 Å². The van der Waals surface area contributed by atoms with E-state index < -0.39 is 0 Å². The van der Waals surface area contributed by atoms with Gasteiger partial charge in [-0.25, -0.2) is 0 Å². The minimum absolute atomic E-state index is 0.442. The van der Waals surface area contributed by atoms with Crippen molar-refractivity contribution in [3.05, 3.63) is 10.4 Å². The van der Waals surface area contributed by atoms with Crippen LogP contribution in [0.25, 0.3) is 0 Å². The van der Waals surface area contributed by atoms with Crippen LogP contribution in [0.4, 0.5) is 0 Å². The molecule has 0 radical (unpaired) electrons. The Kier molecular flexibility index (Phi) is 2.51. The zero-order valence-electron chi connectivity index (χ0n) is 7.96. The number of fused-ring (bicyclic) bond motifs is 1. The first-order valence-corrected chi connectivity index (χ1v) is 5.34. The molecule has 0 aromatic carbocycles. The van der Waals surface area contributed by atoms with E-state index in [9.17, 15) is 0 Å². The Morgan fingerprint density at radius 2 is 2.46 bits per heavy atom. The first-order chi connectivity index (χ1) is 6.36. The van der Waals surface area contributed by atoms with Crippen LogP contribution in [0.1, 0.15) is 29.3 Å². The molecule has 0 saturated carbocycles. The summed E-state index contributed by atoms with van der Waals surface area (Å²) in [6.07, 6.45) is 3.61. The van der Waals surface area contributed by atoms with Crippen LogP contribution in [0.3, 0.4) is 0 Å². The van der Waals surface area contributed by atoms with Crippen LogP contribution < -0.4 is 10.1 Å². The highest BCUT2D eigenvalue weighted by atomic mass is 32.1. The van der Waals surface area contributed by atoms with Crippen LogP contribution >= 0.6 is 11.5 Å². The largest absolute Gasteiger partial charge is 0.480 e. The third-order valence-electron chi connectivity index (χ3n) is 2.56. The monoisotopic (exact) mass is 198 g/mol. The number of rotatable bonds is 2. The number of methoxy groups -OCH3 is 1. The van der Waals surface area contributed by atoms with Gasteiger partial charge in [0.1, 0.15) is 0 Å². The Hall–Kier alpha value is -0.610. The summed E-state index contributed by atoms with van der Waals surface area (Å²) in [4.78, 5) is 1.39. The third-order valence-corrected chi connectivity index (χ3v) is 3.46. The molecule has 0 aliphatic heterocycles. The molecule has 1 aliphatic carbocycles. The van der Waals surface area contributed by atoms with Gasteiger partial charge in [0.25, 0.3) is 0 Å². The number of nitrogens with zero attached hydrogens (tertiary/aromatic N) is 1. The van der Waals surface area contributed by atoms with Gasteiger partial charge in [-0.2, -0.15) is 4.37 Å². The van der Waals surface area contributed by atoms with Gasteiger partial charge in [-0.1, -0.05) is 0 Å². The van der Waals surface area contributed by atoms with Crippen molar-refractivity contribution in [2.24, 2.45) is 0 Å². The zero-order valence-corrected chi connectivity index (χ0v) is 8.78. The summed E-state index contributed by atoms with van der Waals surface area (Å²) in [7, 11) is 3.69. The van der Waals surface area contributed by atoms with E-state index in [0.29, 0.717) is 6.04 Å². The van der Waals surface area contributed by atoms with Crippen LogP contribution in [0.2, 0.25) is 0 Å². The zero-order chi connectivity index (χ0) is 9.26. The summed E-state index contributed by atoms with van der Waals surface area (Å²) < 4.78 is 9.54. The lowest BCUT2D eigenvalue weighted by Crippen LogP contribution is -2.20. The molecule has 1 aliphatic rings. The summed E-state index contributed by atoms with van der Waals surface area (Å²) >= 11 is 1.58. The molecule has 13 heavy (non-hydrogen) atoms. The average molecular weight is 198 g/mol. The predicted octanol–water partition coefficient (Wildman–Crippen LogP) is 1.75. The number of aromatic nitrogens is 1. The quantitative estimate of drug-likeness (QED) is 0.786. The maximum Gasteiger partial charge on any atom is 0.230 e. The van der Waals surface area contributed by atoms with Crippen molar-refractivity contribution in [2.45, 2.75) is 25.3 Å². The van der Waals surface area contributed by atoms with E-state index in [4.69, 9.17) is 4.74 Å². The van der Waals surface area contributed by atoms with Gasteiger partial charge >= 0.3 is 0 Å². The Morgan fingerprint density at radius 3 is 3.15 bits per heavy atom. The van der Waals surface area contributed by atoms with Gasteiger partial charge in [0.15, 0.2) is 0 Å². The van der Waals surface area contributed by atoms with Gasteiger partial charge in [-0.15, -0.1) is 0 Å². The van der Waals surface area contributed by atoms with Gasteiger partial charge in [-0.3, -0.25) is 0 Å². The Morgan fingerprint density at radius 1 is 1.62 bits per heavy atom. The minimum atomic E-state index is 0.442. The Labute approximate surface area is 82.3 Å². The molecule has 0 amide bonds. The van der Waals surface area contributed by atoms with Crippen molar-refractivity contribution in [3.8, 4) is 5.88 Å². The normalized spacial score (nSPS) is 21.2. The number of aryl methyl sites for hydroxylation is 1. The summed E-state index contributed by atoms with van der Waals surface area (Å²) in [6.45, 7) is 0. The summed E-state index contributed by atoms with van der Waals surface area (Å²) in [5.41, 5.74) is 1.29. The first-order valence-electron chi connectivity index (χ1n) is 4.56. The lowest BCUT2D eigenvalue weighted by molar-refractivity contribution is 0.382. The summed E-state index contributed by atoms with van der Waals surface area (Å²) in [5, 5.41) is 3.31. The molecule has 72 valence electrons. The van der Waals surface area contributed by atoms with E-state index >= 15 is 0 Å². The summed E-state index contributed by atoms with van der Waals surface area (Å²) in [5.74, 6) is 0.819. The molecular weight excluding hydrogens is 184 g/mol. The van der Waals surface area contributed by atoms with Crippen LogP contribution in [-0.2, 0) is 6.42 Å². The predicted molar refractivity (Wildman–Crippen MR) is 53.4 cm³/mol. The van der Waals surface area contributed by atoms with E-state index in [-0.39, 0.29) is 0 Å². The molecule has 1 N–H and O–H groups in total. The fourth-order valence-corrected chi connectivity index (χ4v) is 2.81. The van der Waals surface area contributed by atoms with E-state index in [0.717, 1.165) is 12.3 Å². The molecule has 1 heterocycles. The lowest BCUT2D eigenvalue weighted by Gasteiger charge is -2.21. The number of ether oxygens (including phenoxy) is 1. The molecule has 0 fully saturated rings. The van der Waals surface area contributed by atoms with Crippen molar-refractivity contribution in [1.29, 1.82) is 0 Å². The highest BCUT2D eigenvalue weighted by Crippen LogP contribution is 2.38. The van der Waals surface area contributed by atoms with Crippen LogP contribution in [0, 0.1) is 0 Å². The summed E-state index contributed by atoms with van der Waals surface area (Å²) in [6, 6.07) is 0.442. The van der Waals surface area contributed by atoms with Crippen molar-refractivity contribution in [1.82, 2.24) is 9.69 Å². The van der Waals surface area contributed by atoms with E-state index in [1.165, 1.54) is 23.3 Å². The fraction of sp³-hybridized carbons (Fsp3) is 0.667. The molecule has 4 heteroatoms. The van der Waals surface area contributed by atoms with Crippen LogP contribution in [0.15, 0.2) is 0 Å². The van der Waals surface area contributed by atoms with Crippen molar-refractivity contribution in [2.75, 3.05) is 14.2 Å². The number of hydrogen-bond donors (Lipinski definition) is 1. The van der Waals surface area contributed by atoms with Crippen molar-refractivity contribution >= 4 is 11.5 Å². The highest BCUT2D eigenvalue weighted by Gasteiger charge is 2.25. The van der Waals surface area contributed by atoms with Gasteiger partial charge in [0.05, 0.1) is 7.11 Å². The Balaban J connectivity index is 2.39. The van der Waals surface area contributed by atoms with E-state index in [1.807, 2.05) is 7.05 Å². The molecule has 0 unspecified atom stereocenters. The lowest BCUT2D eigenvalue weighted by atomic mass is 9.94. The van der Waals surface area contributed by atoms with Gasteiger partial charge in [0, 0.05) is 16.5 Å². The second-order valence-electron chi connectivity index (χ2n) is 3.26. The molecule has 0 saturated heterocycles. The average Bonchev–Trinajstić information content (AvgIpc) is 2.60. The van der Waals surface area contributed by atoms with Gasteiger partial charge in [-0.05, 0) is 37.8 Å². The van der Waals surface area contributed by atoms with E-state index in [1.54, 1.807) is 18.6 Å². The molecule has 1 aromatic heterocycles. The van der Waals surface area contributed by atoms with E-state index in [2.05, 4.69) is 9.69 Å². The second kappa shape index (κ2) is 3.64. The Bertz CT molecular complexity index is 284.